The van der Waals surface area contributed by atoms with Gasteiger partial charge in [-0.05, 0) is 44.7 Å². The molecule has 0 saturated carbocycles. The van der Waals surface area contributed by atoms with Gasteiger partial charge in [-0.2, -0.15) is 0 Å². The summed E-state index contributed by atoms with van der Waals surface area (Å²) in [4.78, 5) is 7.93. The Kier molecular flexibility index (Phi) is 5.18. The lowest BCUT2D eigenvalue weighted by molar-refractivity contribution is 0.649. The van der Waals surface area contributed by atoms with E-state index in [1.54, 1.807) is 11.3 Å². The molecule has 1 unspecified atom stereocenters. The van der Waals surface area contributed by atoms with Crippen molar-refractivity contribution in [2.24, 2.45) is 0 Å². The topological polar surface area (TPSA) is 28.2 Å². The molecule has 0 saturated heterocycles. The third-order valence-electron chi connectivity index (χ3n) is 3.53. The van der Waals surface area contributed by atoms with Crippen molar-refractivity contribution in [1.29, 1.82) is 0 Å². The highest BCUT2D eigenvalue weighted by molar-refractivity contribution is 9.10. The SMILES string of the molecule is CNC(C)c1cc(Br)ccc1N(C)Cc1scnc1C. The Morgan fingerprint density at radius 1 is 1.45 bits per heavy atom. The van der Waals surface area contributed by atoms with E-state index < -0.39 is 0 Å². The van der Waals surface area contributed by atoms with Crippen LogP contribution in [-0.4, -0.2) is 19.1 Å². The van der Waals surface area contributed by atoms with Crippen LogP contribution in [0.3, 0.4) is 0 Å². The van der Waals surface area contributed by atoms with Crippen LogP contribution in [0.2, 0.25) is 0 Å². The van der Waals surface area contributed by atoms with E-state index in [2.05, 4.69) is 70.2 Å². The second-order valence-electron chi connectivity index (χ2n) is 4.93. The summed E-state index contributed by atoms with van der Waals surface area (Å²) in [6.45, 7) is 5.14. The first-order valence-electron chi connectivity index (χ1n) is 6.59. The van der Waals surface area contributed by atoms with Gasteiger partial charge in [0.05, 0.1) is 17.7 Å². The molecule has 1 heterocycles. The van der Waals surface area contributed by atoms with Crippen LogP contribution in [0.1, 0.15) is 29.1 Å². The van der Waals surface area contributed by atoms with Gasteiger partial charge < -0.3 is 10.2 Å². The van der Waals surface area contributed by atoms with Gasteiger partial charge in [0.2, 0.25) is 0 Å². The van der Waals surface area contributed by atoms with E-state index in [-0.39, 0.29) is 0 Å². The molecule has 2 rings (SSSR count). The molecule has 1 aromatic heterocycles. The fourth-order valence-corrected chi connectivity index (χ4v) is 3.36. The van der Waals surface area contributed by atoms with E-state index >= 15 is 0 Å². The molecule has 0 fully saturated rings. The normalized spacial score (nSPS) is 12.4. The molecule has 0 radical (unpaired) electrons. The molecule has 0 aliphatic rings. The van der Waals surface area contributed by atoms with E-state index in [0.29, 0.717) is 6.04 Å². The fourth-order valence-electron chi connectivity index (χ4n) is 2.15. The highest BCUT2D eigenvalue weighted by atomic mass is 79.9. The Balaban J connectivity index is 2.29. The van der Waals surface area contributed by atoms with Crippen molar-refractivity contribution in [2.75, 3.05) is 19.0 Å². The zero-order valence-electron chi connectivity index (χ0n) is 12.3. The summed E-state index contributed by atoms with van der Waals surface area (Å²) in [5, 5.41) is 3.32. The van der Waals surface area contributed by atoms with Gasteiger partial charge in [0.15, 0.2) is 0 Å². The predicted octanol–water partition coefficient (Wildman–Crippen LogP) is 4.13. The van der Waals surface area contributed by atoms with Gasteiger partial charge in [-0.15, -0.1) is 11.3 Å². The smallest absolute Gasteiger partial charge is 0.0798 e. The molecule has 0 spiro atoms. The van der Waals surface area contributed by atoms with E-state index in [0.717, 1.165) is 16.7 Å². The molecule has 3 nitrogen and oxygen atoms in total. The summed E-state index contributed by atoms with van der Waals surface area (Å²) in [7, 11) is 4.12. The van der Waals surface area contributed by atoms with Crippen molar-refractivity contribution in [1.82, 2.24) is 10.3 Å². The minimum absolute atomic E-state index is 0.313. The maximum atomic E-state index is 4.32. The maximum Gasteiger partial charge on any atom is 0.0798 e. The van der Waals surface area contributed by atoms with Gasteiger partial charge in [0.25, 0.3) is 0 Å². The number of anilines is 1. The zero-order chi connectivity index (χ0) is 14.7. The predicted molar refractivity (Wildman–Crippen MR) is 90.6 cm³/mol. The first kappa shape index (κ1) is 15.5. The van der Waals surface area contributed by atoms with Crippen molar-refractivity contribution in [2.45, 2.75) is 26.4 Å². The van der Waals surface area contributed by atoms with Crippen LogP contribution >= 0.6 is 27.3 Å². The van der Waals surface area contributed by atoms with Crippen LogP contribution in [0.5, 0.6) is 0 Å². The molecule has 1 atom stereocenters. The second kappa shape index (κ2) is 6.70. The van der Waals surface area contributed by atoms with Crippen molar-refractivity contribution in [3.63, 3.8) is 0 Å². The molecule has 0 amide bonds. The number of halogens is 1. The van der Waals surface area contributed by atoms with Crippen molar-refractivity contribution < 1.29 is 0 Å². The van der Waals surface area contributed by atoms with Gasteiger partial charge in [0.1, 0.15) is 0 Å². The summed E-state index contributed by atoms with van der Waals surface area (Å²) >= 11 is 5.28. The number of hydrogen-bond acceptors (Lipinski definition) is 4. The average Bonchev–Trinajstić information content (AvgIpc) is 2.83. The molecule has 0 aliphatic carbocycles. The Morgan fingerprint density at radius 2 is 2.20 bits per heavy atom. The fraction of sp³-hybridized carbons (Fsp3) is 0.400. The quantitative estimate of drug-likeness (QED) is 0.875. The number of thiazole rings is 1. The lowest BCUT2D eigenvalue weighted by Crippen LogP contribution is -2.21. The average molecular weight is 354 g/mol. The first-order chi connectivity index (χ1) is 9.52. The Bertz CT molecular complexity index is 582. The third-order valence-corrected chi connectivity index (χ3v) is 4.94. The second-order valence-corrected chi connectivity index (χ2v) is 6.79. The van der Waals surface area contributed by atoms with Crippen molar-refractivity contribution >= 4 is 33.0 Å². The maximum absolute atomic E-state index is 4.32. The molecule has 0 aliphatic heterocycles. The number of benzene rings is 1. The van der Waals surface area contributed by atoms with Crippen LogP contribution in [0.25, 0.3) is 0 Å². The Morgan fingerprint density at radius 3 is 2.80 bits per heavy atom. The number of aryl methyl sites for hydroxylation is 1. The molecule has 2 aromatic rings. The summed E-state index contributed by atoms with van der Waals surface area (Å²) in [6, 6.07) is 6.76. The highest BCUT2D eigenvalue weighted by Crippen LogP contribution is 2.30. The number of nitrogens with zero attached hydrogens (tertiary/aromatic N) is 2. The monoisotopic (exact) mass is 353 g/mol. The molecular weight excluding hydrogens is 334 g/mol. The van der Waals surface area contributed by atoms with Crippen LogP contribution in [-0.2, 0) is 6.54 Å². The minimum atomic E-state index is 0.313. The van der Waals surface area contributed by atoms with E-state index in [9.17, 15) is 0 Å². The van der Waals surface area contributed by atoms with Gasteiger partial charge in [-0.1, -0.05) is 15.9 Å². The molecule has 20 heavy (non-hydrogen) atoms. The lowest BCUT2D eigenvalue weighted by Gasteiger charge is -2.25. The largest absolute Gasteiger partial charge is 0.369 e. The number of rotatable bonds is 5. The van der Waals surface area contributed by atoms with Gasteiger partial charge in [0, 0.05) is 28.1 Å². The number of hydrogen-bond donors (Lipinski definition) is 1. The summed E-state index contributed by atoms with van der Waals surface area (Å²) in [6.07, 6.45) is 0. The van der Waals surface area contributed by atoms with E-state index in [1.807, 2.05) is 12.6 Å². The molecule has 1 aromatic carbocycles. The van der Waals surface area contributed by atoms with Crippen LogP contribution in [0, 0.1) is 6.92 Å². The third kappa shape index (κ3) is 3.40. The minimum Gasteiger partial charge on any atom is -0.369 e. The van der Waals surface area contributed by atoms with Crippen LogP contribution < -0.4 is 10.2 Å². The first-order valence-corrected chi connectivity index (χ1v) is 8.27. The molecule has 1 N–H and O–H groups in total. The molecular formula is C15H20BrN3S. The summed E-state index contributed by atoms with van der Waals surface area (Å²) in [5.41, 5.74) is 5.59. The highest BCUT2D eigenvalue weighted by Gasteiger charge is 2.14. The Hall–Kier alpha value is -0.910. The van der Waals surface area contributed by atoms with Crippen molar-refractivity contribution in [3.05, 3.63) is 44.3 Å². The van der Waals surface area contributed by atoms with Crippen LogP contribution in [0.15, 0.2) is 28.2 Å². The number of nitrogens with one attached hydrogen (secondary N) is 1. The summed E-state index contributed by atoms with van der Waals surface area (Å²) < 4.78 is 1.11. The lowest BCUT2D eigenvalue weighted by atomic mass is 10.1. The molecule has 0 bridgehead atoms. The zero-order valence-corrected chi connectivity index (χ0v) is 14.7. The Labute approximate surface area is 133 Å². The van der Waals surface area contributed by atoms with Gasteiger partial charge in [-0.25, -0.2) is 4.98 Å². The van der Waals surface area contributed by atoms with E-state index in [4.69, 9.17) is 0 Å². The summed E-state index contributed by atoms with van der Waals surface area (Å²) in [5.74, 6) is 0. The van der Waals surface area contributed by atoms with Gasteiger partial charge in [-0.3, -0.25) is 0 Å². The van der Waals surface area contributed by atoms with Crippen molar-refractivity contribution in [3.8, 4) is 0 Å². The van der Waals surface area contributed by atoms with E-state index in [1.165, 1.54) is 16.1 Å². The standard InChI is InChI=1S/C15H20BrN3S/c1-10(17-3)13-7-12(16)5-6-14(13)19(4)8-15-11(2)18-9-20-15/h5-7,9-10,17H,8H2,1-4H3. The molecule has 108 valence electrons. The number of aromatic nitrogens is 1. The molecule has 5 heteroatoms. The van der Waals surface area contributed by atoms with Gasteiger partial charge >= 0.3 is 0 Å². The van der Waals surface area contributed by atoms with Crippen LogP contribution in [0.4, 0.5) is 5.69 Å².